The molecule has 0 amide bonds. The third kappa shape index (κ3) is 3.07. The quantitative estimate of drug-likeness (QED) is 0.758. The van der Waals surface area contributed by atoms with E-state index < -0.39 is 0 Å². The van der Waals surface area contributed by atoms with Gasteiger partial charge < -0.3 is 4.74 Å². The Balaban J connectivity index is 2.38. The number of aryl methyl sites for hydroxylation is 2. The van der Waals surface area contributed by atoms with Crippen molar-refractivity contribution in [2.45, 2.75) is 19.7 Å². The predicted molar refractivity (Wildman–Crippen MR) is 76.7 cm³/mol. The van der Waals surface area contributed by atoms with Crippen LogP contribution < -0.4 is 4.74 Å². The second kappa shape index (κ2) is 5.77. The lowest BCUT2D eigenvalue weighted by molar-refractivity contribution is 0.474. The van der Waals surface area contributed by atoms with E-state index in [0.717, 1.165) is 22.4 Å². The average Bonchev–Trinajstić information content (AvgIpc) is 2.43. The number of benzene rings is 2. The summed E-state index contributed by atoms with van der Waals surface area (Å²) in [6.45, 7) is 3.94. The Bertz CT molecular complexity index is 644. The Kier molecular flexibility index (Phi) is 4.09. The SMILES string of the molecule is Cc1ccc(C#N)cc1Oc1cc(CCl)ccc1C. The lowest BCUT2D eigenvalue weighted by atomic mass is 10.1. The maximum absolute atomic E-state index is 8.93. The number of alkyl halides is 1. The molecule has 2 aromatic carbocycles. The Morgan fingerprint density at radius 3 is 2.32 bits per heavy atom. The summed E-state index contributed by atoms with van der Waals surface area (Å²) in [4.78, 5) is 0. The summed E-state index contributed by atoms with van der Waals surface area (Å²) in [7, 11) is 0. The van der Waals surface area contributed by atoms with E-state index in [1.165, 1.54) is 0 Å². The fourth-order valence-electron chi connectivity index (χ4n) is 1.74. The molecular formula is C16H14ClNO. The first kappa shape index (κ1) is 13.5. The third-order valence-corrected chi connectivity index (χ3v) is 3.25. The maximum Gasteiger partial charge on any atom is 0.131 e. The van der Waals surface area contributed by atoms with Crippen molar-refractivity contribution in [3.63, 3.8) is 0 Å². The van der Waals surface area contributed by atoms with Gasteiger partial charge in [-0.3, -0.25) is 0 Å². The summed E-state index contributed by atoms with van der Waals surface area (Å²) in [6.07, 6.45) is 0. The minimum absolute atomic E-state index is 0.452. The molecule has 0 radical (unpaired) electrons. The van der Waals surface area contributed by atoms with Crippen LogP contribution >= 0.6 is 11.6 Å². The van der Waals surface area contributed by atoms with Gasteiger partial charge in [0.15, 0.2) is 0 Å². The van der Waals surface area contributed by atoms with Gasteiger partial charge in [-0.25, -0.2) is 0 Å². The molecule has 0 aliphatic carbocycles. The molecule has 2 nitrogen and oxygen atoms in total. The van der Waals surface area contributed by atoms with Crippen LogP contribution in [0.2, 0.25) is 0 Å². The maximum atomic E-state index is 8.93. The van der Waals surface area contributed by atoms with Crippen LogP contribution in [0.25, 0.3) is 0 Å². The van der Waals surface area contributed by atoms with Crippen molar-refractivity contribution >= 4 is 11.6 Å². The molecule has 3 heteroatoms. The van der Waals surface area contributed by atoms with E-state index in [9.17, 15) is 0 Å². The van der Waals surface area contributed by atoms with Crippen molar-refractivity contribution < 1.29 is 4.74 Å². The van der Waals surface area contributed by atoms with E-state index in [4.69, 9.17) is 21.6 Å². The molecular weight excluding hydrogens is 258 g/mol. The van der Waals surface area contributed by atoms with Gasteiger partial charge >= 0.3 is 0 Å². The van der Waals surface area contributed by atoms with Crippen LogP contribution in [-0.2, 0) is 5.88 Å². The molecule has 0 saturated heterocycles. The van der Waals surface area contributed by atoms with Gasteiger partial charge in [0, 0.05) is 5.88 Å². The van der Waals surface area contributed by atoms with Crippen molar-refractivity contribution in [2.75, 3.05) is 0 Å². The van der Waals surface area contributed by atoms with Crippen molar-refractivity contribution in [1.82, 2.24) is 0 Å². The van der Waals surface area contributed by atoms with Gasteiger partial charge in [-0.15, -0.1) is 11.6 Å². The monoisotopic (exact) mass is 271 g/mol. The Hall–Kier alpha value is -1.98. The molecule has 0 bridgehead atoms. The molecule has 2 aromatic rings. The summed E-state index contributed by atoms with van der Waals surface area (Å²) < 4.78 is 5.92. The van der Waals surface area contributed by atoms with Gasteiger partial charge in [0.2, 0.25) is 0 Å². The number of hydrogen-bond donors (Lipinski definition) is 0. The first-order valence-corrected chi connectivity index (χ1v) is 6.51. The highest BCUT2D eigenvalue weighted by Crippen LogP contribution is 2.29. The van der Waals surface area contributed by atoms with E-state index in [1.807, 2.05) is 38.1 Å². The lowest BCUT2D eigenvalue weighted by Crippen LogP contribution is -1.92. The Morgan fingerprint density at radius 1 is 1.05 bits per heavy atom. The summed E-state index contributed by atoms with van der Waals surface area (Å²) in [5.41, 5.74) is 3.63. The van der Waals surface area contributed by atoms with Gasteiger partial charge in [-0.2, -0.15) is 5.26 Å². The number of ether oxygens (including phenoxy) is 1. The van der Waals surface area contributed by atoms with E-state index in [-0.39, 0.29) is 0 Å². The number of halogens is 1. The van der Waals surface area contributed by atoms with Crippen LogP contribution in [0.5, 0.6) is 11.5 Å². The molecule has 0 aliphatic heterocycles. The van der Waals surface area contributed by atoms with Gasteiger partial charge in [-0.1, -0.05) is 18.2 Å². The number of nitrogens with zero attached hydrogens (tertiary/aromatic N) is 1. The predicted octanol–water partition coefficient (Wildman–Crippen LogP) is 4.71. The number of rotatable bonds is 3. The summed E-state index contributed by atoms with van der Waals surface area (Å²) in [5.74, 6) is 1.93. The van der Waals surface area contributed by atoms with Crippen LogP contribution in [-0.4, -0.2) is 0 Å². The van der Waals surface area contributed by atoms with Gasteiger partial charge in [-0.05, 0) is 48.7 Å². The zero-order valence-electron chi connectivity index (χ0n) is 10.9. The fourth-order valence-corrected chi connectivity index (χ4v) is 1.90. The van der Waals surface area contributed by atoms with Gasteiger partial charge in [0.25, 0.3) is 0 Å². The normalized spacial score (nSPS) is 10.0. The highest BCUT2D eigenvalue weighted by Gasteiger charge is 2.06. The molecule has 0 saturated carbocycles. The zero-order chi connectivity index (χ0) is 13.8. The van der Waals surface area contributed by atoms with Crippen LogP contribution in [0.4, 0.5) is 0 Å². The number of hydrogen-bond acceptors (Lipinski definition) is 2. The van der Waals surface area contributed by atoms with E-state index >= 15 is 0 Å². The van der Waals surface area contributed by atoms with Crippen LogP contribution in [0.15, 0.2) is 36.4 Å². The van der Waals surface area contributed by atoms with Crippen molar-refractivity contribution in [3.8, 4) is 17.6 Å². The zero-order valence-corrected chi connectivity index (χ0v) is 11.7. The lowest BCUT2D eigenvalue weighted by Gasteiger charge is -2.12. The first-order chi connectivity index (χ1) is 9.13. The van der Waals surface area contributed by atoms with Crippen molar-refractivity contribution in [3.05, 3.63) is 58.7 Å². The highest BCUT2D eigenvalue weighted by atomic mass is 35.5. The molecule has 0 unspecified atom stereocenters. The van der Waals surface area contributed by atoms with E-state index in [0.29, 0.717) is 17.2 Å². The van der Waals surface area contributed by atoms with E-state index in [2.05, 4.69) is 6.07 Å². The second-order valence-corrected chi connectivity index (χ2v) is 4.69. The molecule has 0 aromatic heterocycles. The van der Waals surface area contributed by atoms with E-state index in [1.54, 1.807) is 12.1 Å². The highest BCUT2D eigenvalue weighted by molar-refractivity contribution is 6.17. The minimum atomic E-state index is 0.452. The topological polar surface area (TPSA) is 33.0 Å². The molecule has 0 fully saturated rings. The fraction of sp³-hybridized carbons (Fsp3) is 0.188. The van der Waals surface area contributed by atoms with Gasteiger partial charge in [0.1, 0.15) is 11.5 Å². The second-order valence-electron chi connectivity index (χ2n) is 4.43. The smallest absolute Gasteiger partial charge is 0.131 e. The number of nitriles is 1. The largest absolute Gasteiger partial charge is 0.457 e. The van der Waals surface area contributed by atoms with Gasteiger partial charge in [0.05, 0.1) is 11.6 Å². The van der Waals surface area contributed by atoms with Crippen molar-refractivity contribution in [1.29, 1.82) is 5.26 Å². The molecule has 0 aliphatic rings. The Morgan fingerprint density at radius 2 is 1.68 bits per heavy atom. The summed E-state index contributed by atoms with van der Waals surface area (Å²) in [6, 6.07) is 13.4. The average molecular weight is 272 g/mol. The minimum Gasteiger partial charge on any atom is -0.457 e. The summed E-state index contributed by atoms with van der Waals surface area (Å²) >= 11 is 5.83. The molecule has 0 N–H and O–H groups in total. The molecule has 0 spiro atoms. The summed E-state index contributed by atoms with van der Waals surface area (Å²) in [5, 5.41) is 8.93. The van der Waals surface area contributed by atoms with Crippen LogP contribution in [0, 0.1) is 25.2 Å². The van der Waals surface area contributed by atoms with Crippen LogP contribution in [0.3, 0.4) is 0 Å². The molecule has 0 heterocycles. The first-order valence-electron chi connectivity index (χ1n) is 5.98. The molecule has 96 valence electrons. The van der Waals surface area contributed by atoms with Crippen molar-refractivity contribution in [2.24, 2.45) is 0 Å². The Labute approximate surface area is 118 Å². The molecule has 0 atom stereocenters. The molecule has 19 heavy (non-hydrogen) atoms. The van der Waals surface area contributed by atoms with Crippen LogP contribution in [0.1, 0.15) is 22.3 Å². The molecule has 2 rings (SSSR count). The third-order valence-electron chi connectivity index (χ3n) is 2.94. The standard InChI is InChI=1S/C16H14ClNO/c1-11-3-5-13(9-17)7-15(11)19-16-8-14(10-18)6-4-12(16)2/h3-8H,9H2,1-2H3.